The SMILES string of the molecule is CC[n+]1c(-c2ccccc2)c2c(N)cccc2c2ccc(N)cc21.[Br-]. The Hall–Kier alpha value is -2.59. The molecule has 0 spiro atoms. The van der Waals surface area contributed by atoms with E-state index >= 15 is 0 Å². The van der Waals surface area contributed by atoms with Gasteiger partial charge in [-0.15, -0.1) is 0 Å². The zero-order valence-corrected chi connectivity index (χ0v) is 15.6. The molecule has 0 aliphatic carbocycles. The van der Waals surface area contributed by atoms with Gasteiger partial charge in [0.1, 0.15) is 6.54 Å². The molecule has 25 heavy (non-hydrogen) atoms. The summed E-state index contributed by atoms with van der Waals surface area (Å²) in [6.07, 6.45) is 0. The predicted molar refractivity (Wildman–Crippen MR) is 102 cm³/mol. The third kappa shape index (κ3) is 2.72. The van der Waals surface area contributed by atoms with E-state index in [4.69, 9.17) is 11.5 Å². The zero-order chi connectivity index (χ0) is 16.7. The number of rotatable bonds is 2. The normalized spacial score (nSPS) is 10.8. The van der Waals surface area contributed by atoms with E-state index in [0.717, 1.165) is 45.5 Å². The molecule has 3 nitrogen and oxygen atoms in total. The first kappa shape index (κ1) is 17.2. The Bertz CT molecular complexity index is 1060. The number of aryl methyl sites for hydroxylation is 1. The van der Waals surface area contributed by atoms with Crippen LogP contribution in [0.15, 0.2) is 66.7 Å². The van der Waals surface area contributed by atoms with E-state index in [1.54, 1.807) is 0 Å². The van der Waals surface area contributed by atoms with Gasteiger partial charge in [-0.1, -0.05) is 30.3 Å². The minimum Gasteiger partial charge on any atom is -1.00 e. The quantitative estimate of drug-likeness (QED) is 0.304. The summed E-state index contributed by atoms with van der Waals surface area (Å²) >= 11 is 0. The molecule has 0 saturated carbocycles. The summed E-state index contributed by atoms with van der Waals surface area (Å²) in [7, 11) is 0. The molecular weight excluding hydrogens is 374 g/mol. The maximum Gasteiger partial charge on any atom is 0.223 e. The molecule has 4 aromatic rings. The average molecular weight is 394 g/mol. The first-order chi connectivity index (χ1) is 11.7. The molecular formula is C21H20BrN3. The third-order valence-corrected chi connectivity index (χ3v) is 4.57. The first-order valence-corrected chi connectivity index (χ1v) is 8.19. The number of fused-ring (bicyclic) bond motifs is 3. The van der Waals surface area contributed by atoms with Crippen molar-refractivity contribution in [2.24, 2.45) is 0 Å². The van der Waals surface area contributed by atoms with Crippen LogP contribution in [-0.2, 0) is 6.54 Å². The summed E-state index contributed by atoms with van der Waals surface area (Å²) in [4.78, 5) is 0. The van der Waals surface area contributed by atoms with Gasteiger partial charge in [0.15, 0.2) is 0 Å². The van der Waals surface area contributed by atoms with Crippen LogP contribution in [0.2, 0.25) is 0 Å². The second-order valence-electron chi connectivity index (χ2n) is 6.01. The van der Waals surface area contributed by atoms with Gasteiger partial charge in [0.25, 0.3) is 0 Å². The Balaban J connectivity index is 0.00000182. The summed E-state index contributed by atoms with van der Waals surface area (Å²) in [6.45, 7) is 2.99. The van der Waals surface area contributed by atoms with E-state index in [-0.39, 0.29) is 17.0 Å². The predicted octanol–water partition coefficient (Wildman–Crippen LogP) is 1.14. The van der Waals surface area contributed by atoms with Crippen LogP contribution < -0.4 is 33.0 Å². The minimum atomic E-state index is 0. The van der Waals surface area contributed by atoms with Crippen molar-refractivity contribution in [2.45, 2.75) is 13.5 Å². The highest BCUT2D eigenvalue weighted by Crippen LogP contribution is 2.35. The molecule has 0 fully saturated rings. The van der Waals surface area contributed by atoms with Crippen molar-refractivity contribution in [2.75, 3.05) is 11.5 Å². The van der Waals surface area contributed by atoms with Crippen molar-refractivity contribution >= 4 is 33.1 Å². The maximum atomic E-state index is 6.40. The number of nitrogens with two attached hydrogens (primary N) is 2. The molecule has 0 aliphatic rings. The maximum absolute atomic E-state index is 6.40. The second-order valence-corrected chi connectivity index (χ2v) is 6.01. The third-order valence-electron chi connectivity index (χ3n) is 4.57. The van der Waals surface area contributed by atoms with Crippen molar-refractivity contribution in [1.82, 2.24) is 0 Å². The van der Waals surface area contributed by atoms with Crippen molar-refractivity contribution in [3.8, 4) is 11.3 Å². The van der Waals surface area contributed by atoms with E-state index in [0.29, 0.717) is 0 Å². The second kappa shape index (κ2) is 6.73. The molecule has 3 aromatic carbocycles. The molecule has 4 heteroatoms. The Morgan fingerprint density at radius 1 is 0.840 bits per heavy atom. The molecule has 0 bridgehead atoms. The summed E-state index contributed by atoms with van der Waals surface area (Å²) in [6, 6.07) is 22.6. The van der Waals surface area contributed by atoms with Gasteiger partial charge < -0.3 is 28.4 Å². The molecule has 0 amide bonds. The molecule has 126 valence electrons. The molecule has 4 rings (SSSR count). The molecule has 4 N–H and O–H groups in total. The lowest BCUT2D eigenvalue weighted by Crippen LogP contribution is -3.00. The molecule has 0 saturated heterocycles. The molecule has 1 heterocycles. The summed E-state index contributed by atoms with van der Waals surface area (Å²) in [5, 5.41) is 3.43. The summed E-state index contributed by atoms with van der Waals surface area (Å²) < 4.78 is 2.31. The molecule has 0 radical (unpaired) electrons. The van der Waals surface area contributed by atoms with Gasteiger partial charge in [0.2, 0.25) is 11.2 Å². The number of aromatic nitrogens is 1. The fourth-order valence-corrected chi connectivity index (χ4v) is 3.54. The first-order valence-electron chi connectivity index (χ1n) is 8.19. The standard InChI is InChI=1S/C21H19N3.BrH/c1-2-24-19-13-15(22)11-12-16(19)17-9-6-10-18(23)20(17)21(24)14-7-4-3-5-8-14;/h3-13H,2H2,1H3,(H3,22,23);1H. The fraction of sp³-hybridized carbons (Fsp3) is 0.0952. The number of nitrogen functional groups attached to an aromatic ring is 2. The number of benzene rings is 3. The number of pyridine rings is 1. The van der Waals surface area contributed by atoms with E-state index in [9.17, 15) is 0 Å². The van der Waals surface area contributed by atoms with Gasteiger partial charge in [-0.2, -0.15) is 4.57 Å². The number of halogens is 1. The molecule has 0 unspecified atom stereocenters. The van der Waals surface area contributed by atoms with Gasteiger partial charge in [-0.3, -0.25) is 0 Å². The monoisotopic (exact) mass is 393 g/mol. The highest BCUT2D eigenvalue weighted by atomic mass is 79.9. The van der Waals surface area contributed by atoms with Gasteiger partial charge in [0.05, 0.1) is 10.8 Å². The Kier molecular flexibility index (Phi) is 4.64. The van der Waals surface area contributed by atoms with Crippen LogP contribution in [-0.4, -0.2) is 0 Å². The van der Waals surface area contributed by atoms with E-state index in [1.165, 1.54) is 5.39 Å². The van der Waals surface area contributed by atoms with Gasteiger partial charge in [-0.25, -0.2) is 0 Å². The van der Waals surface area contributed by atoms with Gasteiger partial charge >= 0.3 is 0 Å². The van der Waals surface area contributed by atoms with Crippen molar-refractivity contribution in [3.63, 3.8) is 0 Å². The number of hydrogen-bond acceptors (Lipinski definition) is 2. The fourth-order valence-electron chi connectivity index (χ4n) is 3.54. The lowest BCUT2D eigenvalue weighted by atomic mass is 9.97. The Labute approximate surface area is 157 Å². The van der Waals surface area contributed by atoms with Crippen LogP contribution in [0.4, 0.5) is 11.4 Å². The highest BCUT2D eigenvalue weighted by molar-refractivity contribution is 6.13. The largest absolute Gasteiger partial charge is 1.00 e. The van der Waals surface area contributed by atoms with Crippen LogP contribution in [0.25, 0.3) is 32.9 Å². The number of hydrogen-bond donors (Lipinski definition) is 2. The zero-order valence-electron chi connectivity index (χ0n) is 14.0. The Morgan fingerprint density at radius 3 is 2.32 bits per heavy atom. The summed E-state index contributed by atoms with van der Waals surface area (Å²) in [5.41, 5.74) is 17.5. The van der Waals surface area contributed by atoms with Crippen molar-refractivity contribution in [1.29, 1.82) is 0 Å². The van der Waals surface area contributed by atoms with E-state index in [1.807, 2.05) is 30.3 Å². The van der Waals surface area contributed by atoms with Crippen LogP contribution in [0.5, 0.6) is 0 Å². The lowest BCUT2D eigenvalue weighted by Gasteiger charge is -2.13. The van der Waals surface area contributed by atoms with Gasteiger partial charge in [-0.05, 0) is 37.3 Å². The highest BCUT2D eigenvalue weighted by Gasteiger charge is 2.23. The lowest BCUT2D eigenvalue weighted by molar-refractivity contribution is -0.655. The van der Waals surface area contributed by atoms with Crippen molar-refractivity contribution in [3.05, 3.63) is 66.7 Å². The Morgan fingerprint density at radius 2 is 1.60 bits per heavy atom. The van der Waals surface area contributed by atoms with Crippen molar-refractivity contribution < 1.29 is 21.5 Å². The van der Waals surface area contributed by atoms with E-state index in [2.05, 4.69) is 47.9 Å². The molecule has 0 atom stereocenters. The molecule has 0 aliphatic heterocycles. The average Bonchev–Trinajstić information content (AvgIpc) is 2.61. The number of nitrogens with zero attached hydrogens (tertiary/aromatic N) is 1. The molecule has 1 aromatic heterocycles. The smallest absolute Gasteiger partial charge is 0.223 e. The number of anilines is 2. The summed E-state index contributed by atoms with van der Waals surface area (Å²) in [5.74, 6) is 0. The topological polar surface area (TPSA) is 55.9 Å². The van der Waals surface area contributed by atoms with Crippen LogP contribution in [0.1, 0.15) is 6.92 Å². The van der Waals surface area contributed by atoms with Crippen LogP contribution in [0.3, 0.4) is 0 Å². The van der Waals surface area contributed by atoms with Crippen LogP contribution >= 0.6 is 0 Å². The van der Waals surface area contributed by atoms with Gasteiger partial charge in [0, 0.05) is 28.4 Å². The van der Waals surface area contributed by atoms with Crippen LogP contribution in [0, 0.1) is 0 Å². The minimum absolute atomic E-state index is 0. The van der Waals surface area contributed by atoms with E-state index < -0.39 is 0 Å².